The molecule has 1 aromatic heterocycles. The number of H-pyrrole nitrogens is 1. The van der Waals surface area contributed by atoms with E-state index in [0.717, 1.165) is 5.82 Å². The first-order valence-electron chi connectivity index (χ1n) is 4.81. The molecule has 0 saturated heterocycles. The molecule has 0 spiro atoms. The molecule has 0 amide bonds. The van der Waals surface area contributed by atoms with E-state index < -0.39 is 5.92 Å². The van der Waals surface area contributed by atoms with Crippen molar-refractivity contribution in [2.75, 3.05) is 0 Å². The van der Waals surface area contributed by atoms with E-state index in [4.69, 9.17) is 0 Å². The second-order valence-corrected chi connectivity index (χ2v) is 3.58. The molecule has 1 fully saturated rings. The van der Waals surface area contributed by atoms with Crippen molar-refractivity contribution in [3.8, 4) is 0 Å². The Hall–Kier alpha value is -1.45. The van der Waals surface area contributed by atoms with Gasteiger partial charge >= 0.3 is 0 Å². The van der Waals surface area contributed by atoms with Crippen molar-refractivity contribution in [2.45, 2.75) is 25.7 Å². The van der Waals surface area contributed by atoms with Crippen molar-refractivity contribution >= 4 is 11.6 Å². The number of carbonyl (C=O) groups excluding carboxylic acids is 2. The predicted molar refractivity (Wildman–Crippen MR) is 49.6 cm³/mol. The summed E-state index contributed by atoms with van der Waals surface area (Å²) in [5.74, 6) is 0.406. The van der Waals surface area contributed by atoms with Crippen LogP contribution >= 0.6 is 0 Å². The minimum atomic E-state index is -0.449. The molecule has 1 heterocycles. The lowest BCUT2D eigenvalue weighted by Gasteiger charge is -2.17. The lowest BCUT2D eigenvalue weighted by molar-refractivity contribution is -0.135. The van der Waals surface area contributed by atoms with Crippen LogP contribution in [0.15, 0.2) is 12.4 Å². The summed E-state index contributed by atoms with van der Waals surface area (Å²) in [6.07, 6.45) is 5.56. The Morgan fingerprint density at radius 2 is 2.07 bits per heavy atom. The zero-order valence-corrected chi connectivity index (χ0v) is 7.82. The van der Waals surface area contributed by atoms with Gasteiger partial charge in [0.15, 0.2) is 0 Å². The van der Waals surface area contributed by atoms with Gasteiger partial charge in [0.1, 0.15) is 17.4 Å². The fourth-order valence-corrected chi connectivity index (χ4v) is 1.80. The minimum Gasteiger partial charge on any atom is -0.349 e. The van der Waals surface area contributed by atoms with Crippen molar-refractivity contribution in [3.05, 3.63) is 18.2 Å². The van der Waals surface area contributed by atoms with Crippen molar-refractivity contribution in [2.24, 2.45) is 5.92 Å². The van der Waals surface area contributed by atoms with Crippen LogP contribution in [0.1, 0.15) is 25.1 Å². The van der Waals surface area contributed by atoms with Crippen LogP contribution in [0.25, 0.3) is 0 Å². The van der Waals surface area contributed by atoms with Crippen LogP contribution in [0, 0.1) is 5.92 Å². The molecular formula is C10H12N2O2. The number of nitrogens with zero attached hydrogens (tertiary/aromatic N) is 1. The third-order valence-electron chi connectivity index (χ3n) is 2.58. The van der Waals surface area contributed by atoms with E-state index in [1.165, 1.54) is 0 Å². The number of hydrogen-bond donors (Lipinski definition) is 1. The van der Waals surface area contributed by atoms with E-state index in [2.05, 4.69) is 9.97 Å². The number of hydrogen-bond acceptors (Lipinski definition) is 3. The summed E-state index contributed by atoms with van der Waals surface area (Å²) in [7, 11) is 0. The number of aromatic nitrogens is 2. The van der Waals surface area contributed by atoms with Gasteiger partial charge in [0.25, 0.3) is 0 Å². The van der Waals surface area contributed by atoms with E-state index in [1.54, 1.807) is 12.4 Å². The molecule has 0 radical (unpaired) electrons. The third kappa shape index (κ3) is 1.73. The van der Waals surface area contributed by atoms with E-state index in [1.807, 2.05) is 0 Å². The average molecular weight is 192 g/mol. The Morgan fingerprint density at radius 1 is 1.36 bits per heavy atom. The lowest BCUT2D eigenvalue weighted by Crippen LogP contribution is -2.30. The topological polar surface area (TPSA) is 62.8 Å². The molecule has 1 N–H and O–H groups in total. The highest BCUT2D eigenvalue weighted by molar-refractivity contribution is 6.04. The molecule has 1 aliphatic rings. The van der Waals surface area contributed by atoms with Crippen molar-refractivity contribution in [1.82, 2.24) is 9.97 Å². The number of rotatable bonds is 2. The van der Waals surface area contributed by atoms with Gasteiger partial charge in [-0.05, 0) is 6.42 Å². The van der Waals surface area contributed by atoms with Gasteiger partial charge in [-0.15, -0.1) is 0 Å². The molecule has 14 heavy (non-hydrogen) atoms. The van der Waals surface area contributed by atoms with Crippen LogP contribution in [-0.4, -0.2) is 21.5 Å². The van der Waals surface area contributed by atoms with Gasteiger partial charge in [-0.25, -0.2) is 4.98 Å². The van der Waals surface area contributed by atoms with Gasteiger partial charge in [-0.2, -0.15) is 0 Å². The van der Waals surface area contributed by atoms with E-state index in [0.29, 0.717) is 25.7 Å². The quantitative estimate of drug-likeness (QED) is 0.708. The van der Waals surface area contributed by atoms with Crippen LogP contribution < -0.4 is 0 Å². The Bertz CT molecular complexity index is 327. The van der Waals surface area contributed by atoms with Crippen LogP contribution in [0.2, 0.25) is 0 Å². The van der Waals surface area contributed by atoms with Gasteiger partial charge in [0.2, 0.25) is 0 Å². The normalized spacial score (nSPS) is 18.9. The smallest absolute Gasteiger partial charge is 0.143 e. The Morgan fingerprint density at radius 3 is 2.64 bits per heavy atom. The highest BCUT2D eigenvalue weighted by Gasteiger charge is 2.30. The summed E-state index contributed by atoms with van der Waals surface area (Å²) in [5, 5.41) is 0. The molecule has 1 aromatic rings. The first-order chi connectivity index (χ1) is 6.77. The maximum Gasteiger partial charge on any atom is 0.143 e. The summed E-state index contributed by atoms with van der Waals surface area (Å²) in [4.78, 5) is 29.9. The minimum absolute atomic E-state index is 0.0673. The van der Waals surface area contributed by atoms with Crippen LogP contribution in [0.5, 0.6) is 0 Å². The standard InChI is InChI=1S/C10H12N2O2/c13-8-2-1-3-9(14)7(8)6-10-11-4-5-12-10/h4-5,7H,1-3,6H2,(H,11,12). The first kappa shape index (κ1) is 9.12. The molecule has 0 atom stereocenters. The number of ketones is 2. The summed E-state index contributed by atoms with van der Waals surface area (Å²) >= 11 is 0. The molecule has 0 aromatic carbocycles. The van der Waals surface area contributed by atoms with Crippen molar-refractivity contribution in [1.29, 1.82) is 0 Å². The average Bonchev–Trinajstić information content (AvgIpc) is 2.64. The second-order valence-electron chi connectivity index (χ2n) is 3.58. The molecule has 0 bridgehead atoms. The largest absolute Gasteiger partial charge is 0.349 e. The Labute approximate surface area is 81.7 Å². The predicted octanol–water partition coefficient (Wildman–Crippen LogP) is 0.890. The number of Topliss-reactive ketones (excluding diaryl/α,β-unsaturated/α-hetero) is 2. The summed E-state index contributed by atoms with van der Waals surface area (Å²) in [6.45, 7) is 0. The zero-order valence-electron chi connectivity index (χ0n) is 7.82. The van der Waals surface area contributed by atoms with Crippen molar-refractivity contribution < 1.29 is 9.59 Å². The number of nitrogens with one attached hydrogen (secondary N) is 1. The number of imidazole rings is 1. The monoisotopic (exact) mass is 192 g/mol. The molecule has 1 aliphatic carbocycles. The fourth-order valence-electron chi connectivity index (χ4n) is 1.80. The summed E-state index contributed by atoms with van der Waals surface area (Å²) < 4.78 is 0. The van der Waals surface area contributed by atoms with Crippen LogP contribution in [0.4, 0.5) is 0 Å². The number of carbonyl (C=O) groups is 2. The van der Waals surface area contributed by atoms with E-state index >= 15 is 0 Å². The van der Waals surface area contributed by atoms with Gasteiger partial charge < -0.3 is 4.98 Å². The molecule has 74 valence electrons. The highest BCUT2D eigenvalue weighted by atomic mass is 16.2. The molecule has 1 saturated carbocycles. The number of aromatic amines is 1. The maximum absolute atomic E-state index is 11.5. The van der Waals surface area contributed by atoms with Crippen molar-refractivity contribution in [3.63, 3.8) is 0 Å². The lowest BCUT2D eigenvalue weighted by atomic mass is 9.84. The summed E-state index contributed by atoms with van der Waals surface area (Å²) in [6, 6.07) is 0. The molecular weight excluding hydrogens is 180 g/mol. The SMILES string of the molecule is O=C1CCCC(=O)C1Cc1ncc[nH]1. The Kier molecular flexibility index (Phi) is 2.43. The molecule has 4 heteroatoms. The maximum atomic E-state index is 11.5. The van der Waals surface area contributed by atoms with Crippen LogP contribution in [-0.2, 0) is 16.0 Å². The van der Waals surface area contributed by atoms with Gasteiger partial charge in [0, 0.05) is 31.7 Å². The highest BCUT2D eigenvalue weighted by Crippen LogP contribution is 2.19. The van der Waals surface area contributed by atoms with E-state index in [9.17, 15) is 9.59 Å². The molecule has 0 aliphatic heterocycles. The first-order valence-corrected chi connectivity index (χ1v) is 4.81. The molecule has 4 nitrogen and oxygen atoms in total. The zero-order chi connectivity index (χ0) is 9.97. The van der Waals surface area contributed by atoms with Gasteiger partial charge in [-0.3, -0.25) is 9.59 Å². The van der Waals surface area contributed by atoms with Crippen LogP contribution in [0.3, 0.4) is 0 Å². The molecule has 0 unspecified atom stereocenters. The Balaban J connectivity index is 2.08. The molecule has 2 rings (SSSR count). The summed E-state index contributed by atoms with van der Waals surface area (Å²) in [5.41, 5.74) is 0. The second kappa shape index (κ2) is 3.74. The van der Waals surface area contributed by atoms with Gasteiger partial charge in [0.05, 0.1) is 5.92 Å². The van der Waals surface area contributed by atoms with Gasteiger partial charge in [-0.1, -0.05) is 0 Å². The van der Waals surface area contributed by atoms with E-state index in [-0.39, 0.29) is 11.6 Å². The third-order valence-corrected chi connectivity index (χ3v) is 2.58. The fraction of sp³-hybridized carbons (Fsp3) is 0.500.